The molecule has 4 aliphatic rings. The normalized spacial score (nSPS) is 19.2. The van der Waals surface area contributed by atoms with Gasteiger partial charge in [-0.05, 0) is 109 Å². The van der Waals surface area contributed by atoms with Crippen molar-refractivity contribution in [1.82, 2.24) is 34.6 Å². The van der Waals surface area contributed by atoms with E-state index in [1.54, 1.807) is 12.3 Å². The summed E-state index contributed by atoms with van der Waals surface area (Å²) in [6.45, 7) is 2.39. The van der Waals surface area contributed by atoms with Crippen LogP contribution in [0.15, 0.2) is 77.4 Å². The Labute approximate surface area is 338 Å². The molecule has 3 aliphatic heterocycles. The van der Waals surface area contributed by atoms with Crippen LogP contribution in [0.5, 0.6) is 0 Å². The fourth-order valence-electron chi connectivity index (χ4n) is 8.76. The van der Waals surface area contributed by atoms with Gasteiger partial charge in [-0.3, -0.25) is 38.9 Å². The van der Waals surface area contributed by atoms with Crippen LogP contribution in [0.2, 0.25) is 0 Å². The zero-order chi connectivity index (χ0) is 39.2. The molecule has 5 heterocycles. The van der Waals surface area contributed by atoms with E-state index in [1.165, 1.54) is 12.8 Å². The number of carbonyl (C=O) groups excluding carboxylic acids is 4. The van der Waals surface area contributed by atoms with Gasteiger partial charge in [-0.15, -0.1) is 0 Å². The Morgan fingerprint density at radius 1 is 0.860 bits per heavy atom. The first-order valence-corrected chi connectivity index (χ1v) is 20.4. The molecule has 0 spiro atoms. The van der Waals surface area contributed by atoms with Gasteiger partial charge in [-0.2, -0.15) is 4.98 Å². The van der Waals surface area contributed by atoms with E-state index in [-0.39, 0.29) is 24.0 Å². The van der Waals surface area contributed by atoms with Crippen LogP contribution in [0.25, 0.3) is 11.2 Å². The van der Waals surface area contributed by atoms with Gasteiger partial charge in [0.1, 0.15) is 11.6 Å². The lowest BCUT2D eigenvalue weighted by molar-refractivity contribution is -0.136. The number of imidazole rings is 1. The number of aromatic nitrogens is 4. The third-order valence-electron chi connectivity index (χ3n) is 11.7. The molecule has 2 saturated heterocycles. The number of piperidine rings is 2. The molecule has 0 radical (unpaired) electrons. The van der Waals surface area contributed by atoms with Gasteiger partial charge in [0.25, 0.3) is 11.8 Å². The number of hydrogen-bond donors (Lipinski definition) is 3. The van der Waals surface area contributed by atoms with Crippen LogP contribution >= 0.6 is 15.9 Å². The Kier molecular flexibility index (Phi) is 9.95. The highest BCUT2D eigenvalue weighted by Crippen LogP contribution is 2.37. The predicted molar refractivity (Wildman–Crippen MR) is 220 cm³/mol. The van der Waals surface area contributed by atoms with Crippen LogP contribution in [0.4, 0.5) is 29.0 Å². The lowest BCUT2D eigenvalue weighted by Crippen LogP contribution is -2.54. The van der Waals surface area contributed by atoms with E-state index in [0.717, 1.165) is 83.4 Å². The second kappa shape index (κ2) is 15.3. The number of amides is 4. The minimum absolute atomic E-state index is 0.0820. The van der Waals surface area contributed by atoms with Crippen molar-refractivity contribution in [3.05, 3.63) is 94.1 Å². The lowest BCUT2D eigenvalue weighted by Gasteiger charge is -2.38. The Morgan fingerprint density at radius 2 is 1.60 bits per heavy atom. The molecule has 1 unspecified atom stereocenters. The molecule has 14 nitrogen and oxygen atoms in total. The highest BCUT2D eigenvalue weighted by atomic mass is 79.9. The van der Waals surface area contributed by atoms with Crippen molar-refractivity contribution in [2.75, 3.05) is 35.7 Å². The summed E-state index contributed by atoms with van der Waals surface area (Å²) in [5.74, 6) is -0.715. The lowest BCUT2D eigenvalue weighted by atomic mass is 10.0. The average molecular weight is 832 g/mol. The highest BCUT2D eigenvalue weighted by molar-refractivity contribution is 9.10. The second-order valence-electron chi connectivity index (χ2n) is 15.4. The Hall–Kier alpha value is -5.67. The molecular weight excluding hydrogens is 788 g/mol. The molecule has 3 fully saturated rings. The molecule has 4 amide bonds. The molecule has 3 N–H and O–H groups in total. The summed E-state index contributed by atoms with van der Waals surface area (Å²) in [5.41, 5.74) is 6.07. The van der Waals surface area contributed by atoms with E-state index in [2.05, 4.69) is 82.5 Å². The molecule has 3 aromatic carbocycles. The summed E-state index contributed by atoms with van der Waals surface area (Å²) in [4.78, 5) is 71.1. The molecule has 15 heteroatoms. The van der Waals surface area contributed by atoms with Crippen molar-refractivity contribution >= 4 is 79.7 Å². The molecule has 1 atom stereocenters. The molecule has 5 aromatic rings. The fraction of sp³-hybridized carbons (Fsp3) is 0.357. The SMILES string of the molecule is CN(Cc1cc(Br)c2c(c1)C(=O)N(C1CCC(=O)NC1=O)C2=O)C1CCN(c2ccc(Nc3ncc4nc(Nc5ccccc5)n(C5CCCC5)c4n3)cc2)CC1. The number of hydrogen-bond acceptors (Lipinski definition) is 11. The van der Waals surface area contributed by atoms with Crippen molar-refractivity contribution in [2.45, 2.75) is 76.0 Å². The third kappa shape index (κ3) is 7.25. The maximum Gasteiger partial charge on any atom is 0.263 e. The van der Waals surface area contributed by atoms with E-state index in [9.17, 15) is 19.2 Å². The van der Waals surface area contributed by atoms with E-state index >= 15 is 0 Å². The Balaban J connectivity index is 0.823. The first-order chi connectivity index (χ1) is 27.7. The standard InChI is InChI=1S/C42H43BrN10O4/c1-50(24-25-21-31-36(32(43)22-25)40(57)53(39(31)56)34-15-16-35(54)48-38(34)55)28-17-19-51(20-18-28)29-13-11-27(12-14-29)45-41-44-23-33-37(49-41)52(30-9-5-6-10-30)42(47-33)46-26-7-3-2-4-8-26/h2-4,7-8,11-14,21-23,28,30,34H,5-6,9-10,15-20,24H2,1H3,(H,46,47)(H,44,45,49)(H,48,54,55). The molecule has 1 aliphatic carbocycles. The van der Waals surface area contributed by atoms with Crippen LogP contribution in [0.1, 0.15) is 83.7 Å². The number of nitrogens with zero attached hydrogens (tertiary/aromatic N) is 7. The topological polar surface area (TPSA) is 158 Å². The van der Waals surface area contributed by atoms with E-state index in [1.807, 2.05) is 36.4 Å². The molecule has 57 heavy (non-hydrogen) atoms. The fourth-order valence-corrected chi connectivity index (χ4v) is 9.44. The van der Waals surface area contributed by atoms with Crippen LogP contribution in [-0.4, -0.2) is 85.2 Å². The second-order valence-corrected chi connectivity index (χ2v) is 16.2. The van der Waals surface area contributed by atoms with Crippen LogP contribution in [-0.2, 0) is 16.1 Å². The number of fused-ring (bicyclic) bond motifs is 2. The summed E-state index contributed by atoms with van der Waals surface area (Å²) in [6.07, 6.45) is 8.53. The van der Waals surface area contributed by atoms with Gasteiger partial charge in [-0.1, -0.05) is 31.0 Å². The minimum atomic E-state index is -0.996. The molecule has 0 bridgehead atoms. The summed E-state index contributed by atoms with van der Waals surface area (Å²) in [6, 6.07) is 21.8. The van der Waals surface area contributed by atoms with Crippen molar-refractivity contribution in [1.29, 1.82) is 0 Å². The highest BCUT2D eigenvalue weighted by Gasteiger charge is 2.45. The van der Waals surface area contributed by atoms with Gasteiger partial charge in [0, 0.05) is 59.7 Å². The third-order valence-corrected chi connectivity index (χ3v) is 12.3. The monoisotopic (exact) mass is 830 g/mol. The summed E-state index contributed by atoms with van der Waals surface area (Å²) in [7, 11) is 2.09. The van der Waals surface area contributed by atoms with Crippen LogP contribution in [0, 0.1) is 0 Å². The quantitative estimate of drug-likeness (QED) is 0.129. The minimum Gasteiger partial charge on any atom is -0.371 e. The number of halogens is 1. The Morgan fingerprint density at radius 3 is 2.33 bits per heavy atom. The maximum absolute atomic E-state index is 13.5. The number of benzene rings is 3. The summed E-state index contributed by atoms with van der Waals surface area (Å²) in [5, 5.41) is 9.17. The number of rotatable bonds is 10. The van der Waals surface area contributed by atoms with Crippen LogP contribution in [0.3, 0.4) is 0 Å². The van der Waals surface area contributed by atoms with Gasteiger partial charge in [0.05, 0.1) is 17.3 Å². The van der Waals surface area contributed by atoms with Crippen molar-refractivity contribution < 1.29 is 19.2 Å². The zero-order valence-electron chi connectivity index (χ0n) is 31.6. The van der Waals surface area contributed by atoms with Crippen LogP contribution < -0.4 is 20.9 Å². The summed E-state index contributed by atoms with van der Waals surface area (Å²) < 4.78 is 2.77. The van der Waals surface area contributed by atoms with Gasteiger partial charge < -0.3 is 15.5 Å². The van der Waals surface area contributed by atoms with E-state index < -0.39 is 29.7 Å². The predicted octanol–water partition coefficient (Wildman–Crippen LogP) is 6.69. The molecular formula is C42H43BrN10O4. The Bertz CT molecular complexity index is 2370. The molecule has 292 valence electrons. The smallest absolute Gasteiger partial charge is 0.263 e. The first kappa shape index (κ1) is 36.9. The molecule has 1 saturated carbocycles. The number of imide groups is 2. The largest absolute Gasteiger partial charge is 0.371 e. The average Bonchev–Trinajstić information content (AvgIpc) is 3.92. The van der Waals surface area contributed by atoms with Gasteiger partial charge in [0.15, 0.2) is 5.65 Å². The first-order valence-electron chi connectivity index (χ1n) is 19.6. The molecule has 9 rings (SSSR count). The van der Waals surface area contributed by atoms with Crippen molar-refractivity contribution in [3.63, 3.8) is 0 Å². The maximum atomic E-state index is 13.5. The summed E-state index contributed by atoms with van der Waals surface area (Å²) >= 11 is 3.52. The van der Waals surface area contributed by atoms with Gasteiger partial charge >= 0.3 is 0 Å². The van der Waals surface area contributed by atoms with E-state index in [4.69, 9.17) is 9.97 Å². The number of nitrogens with one attached hydrogen (secondary N) is 3. The number of anilines is 5. The van der Waals surface area contributed by atoms with E-state index in [0.29, 0.717) is 29.0 Å². The molecule has 2 aromatic heterocycles. The van der Waals surface area contributed by atoms with Gasteiger partial charge in [0.2, 0.25) is 23.7 Å². The zero-order valence-corrected chi connectivity index (χ0v) is 33.2. The van der Waals surface area contributed by atoms with Crippen molar-refractivity contribution in [3.8, 4) is 0 Å². The number of carbonyl (C=O) groups is 4. The number of para-hydroxylation sites is 1. The van der Waals surface area contributed by atoms with Crippen molar-refractivity contribution in [2.24, 2.45) is 0 Å². The van der Waals surface area contributed by atoms with Gasteiger partial charge in [-0.25, -0.2) is 9.97 Å².